The molecule has 6 rings (SSSR count). The maximum absolute atomic E-state index is 8.63. The van der Waals surface area contributed by atoms with Gasteiger partial charge >= 0.3 is 0 Å². The molecule has 0 saturated carbocycles. The summed E-state index contributed by atoms with van der Waals surface area (Å²) in [5, 5.41) is 1.81. The Balaban J connectivity index is 1.68. The SMILES string of the molecule is [2H]c1c([2H])c([2H])c(-n2c3ccc(Br)cc3c3cc(N(c4ccccc4)c4ccccc4)ccc32)c([2H])c1[2H]. The van der Waals surface area contributed by atoms with Gasteiger partial charge in [-0.25, -0.2) is 0 Å². The molecule has 2 nitrogen and oxygen atoms in total. The average Bonchev–Trinajstić information content (AvgIpc) is 3.25. The van der Waals surface area contributed by atoms with Gasteiger partial charge in [0.05, 0.1) is 17.9 Å². The van der Waals surface area contributed by atoms with E-state index in [0.29, 0.717) is 0 Å². The van der Waals surface area contributed by atoms with Gasteiger partial charge in [-0.2, -0.15) is 0 Å². The second kappa shape index (κ2) is 8.27. The van der Waals surface area contributed by atoms with Crippen LogP contribution in [0.2, 0.25) is 0 Å². The fourth-order valence-corrected chi connectivity index (χ4v) is 4.68. The van der Waals surface area contributed by atoms with Crippen molar-refractivity contribution < 1.29 is 6.85 Å². The highest BCUT2D eigenvalue weighted by molar-refractivity contribution is 9.10. The summed E-state index contributed by atoms with van der Waals surface area (Å²) in [4.78, 5) is 2.17. The second-order valence-electron chi connectivity index (χ2n) is 7.68. The van der Waals surface area contributed by atoms with Crippen molar-refractivity contribution in [3.05, 3.63) is 132 Å². The van der Waals surface area contributed by atoms with Crippen LogP contribution in [0.15, 0.2) is 132 Å². The molecule has 0 fully saturated rings. The van der Waals surface area contributed by atoms with Crippen molar-refractivity contribution in [2.45, 2.75) is 0 Å². The molecule has 1 heterocycles. The number of para-hydroxylation sites is 3. The molecular formula is C30H21BrN2. The van der Waals surface area contributed by atoms with Crippen molar-refractivity contribution >= 4 is 54.8 Å². The fraction of sp³-hybridized carbons (Fsp3) is 0. The van der Waals surface area contributed by atoms with E-state index in [0.717, 1.165) is 43.3 Å². The minimum absolute atomic E-state index is 0.133. The maximum Gasteiger partial charge on any atom is 0.0645 e. The van der Waals surface area contributed by atoms with Gasteiger partial charge in [-0.1, -0.05) is 70.5 Å². The molecule has 1 aromatic heterocycles. The van der Waals surface area contributed by atoms with Crippen LogP contribution >= 0.6 is 15.9 Å². The number of anilines is 3. The Morgan fingerprint density at radius 1 is 0.606 bits per heavy atom. The molecular weight excluding hydrogens is 468 g/mol. The third-order valence-electron chi connectivity index (χ3n) is 5.71. The molecule has 0 aliphatic carbocycles. The third-order valence-corrected chi connectivity index (χ3v) is 6.20. The van der Waals surface area contributed by atoms with Crippen LogP contribution in [0.1, 0.15) is 6.85 Å². The molecule has 158 valence electrons. The van der Waals surface area contributed by atoms with Gasteiger partial charge in [0.1, 0.15) is 0 Å². The van der Waals surface area contributed by atoms with Gasteiger partial charge in [0.15, 0.2) is 0 Å². The highest BCUT2D eigenvalue weighted by atomic mass is 79.9. The molecule has 0 unspecified atom stereocenters. The Hall–Kier alpha value is -3.82. The number of fused-ring (bicyclic) bond motifs is 3. The van der Waals surface area contributed by atoms with Gasteiger partial charge in [0.2, 0.25) is 0 Å². The first-order valence-corrected chi connectivity index (χ1v) is 11.4. The quantitative estimate of drug-likeness (QED) is 0.237. The fourth-order valence-electron chi connectivity index (χ4n) is 4.32. The first-order valence-electron chi connectivity index (χ1n) is 13.1. The van der Waals surface area contributed by atoms with Gasteiger partial charge < -0.3 is 9.47 Å². The van der Waals surface area contributed by atoms with E-state index in [2.05, 4.69) is 51.2 Å². The lowest BCUT2D eigenvalue weighted by atomic mass is 10.1. The van der Waals surface area contributed by atoms with Crippen LogP contribution in [-0.2, 0) is 0 Å². The van der Waals surface area contributed by atoms with Gasteiger partial charge in [-0.05, 0) is 72.7 Å². The molecule has 33 heavy (non-hydrogen) atoms. The van der Waals surface area contributed by atoms with E-state index in [1.807, 2.05) is 66.7 Å². The Labute approximate surface area is 208 Å². The largest absolute Gasteiger partial charge is 0.310 e. The van der Waals surface area contributed by atoms with E-state index in [4.69, 9.17) is 6.85 Å². The highest BCUT2D eigenvalue weighted by Crippen LogP contribution is 2.39. The van der Waals surface area contributed by atoms with Crippen LogP contribution in [0.3, 0.4) is 0 Å². The minimum Gasteiger partial charge on any atom is -0.310 e. The average molecular weight is 494 g/mol. The Morgan fingerprint density at radius 3 is 1.82 bits per heavy atom. The zero-order valence-electron chi connectivity index (χ0n) is 22.5. The van der Waals surface area contributed by atoms with Crippen LogP contribution in [0.25, 0.3) is 27.5 Å². The number of aromatic nitrogens is 1. The van der Waals surface area contributed by atoms with Crippen molar-refractivity contribution in [3.63, 3.8) is 0 Å². The summed E-state index contributed by atoms with van der Waals surface area (Å²) in [6.45, 7) is 0. The van der Waals surface area contributed by atoms with E-state index < -0.39 is 6.04 Å². The molecule has 0 spiro atoms. The molecule has 0 amide bonds. The number of halogens is 1. The summed E-state index contributed by atoms with van der Waals surface area (Å²) in [6, 6.07) is 30.5. The molecule has 0 radical (unpaired) electrons. The predicted molar refractivity (Wildman–Crippen MR) is 143 cm³/mol. The first kappa shape index (κ1) is 15.1. The van der Waals surface area contributed by atoms with E-state index >= 15 is 0 Å². The Bertz CT molecular complexity index is 1770. The molecule has 0 aliphatic rings. The van der Waals surface area contributed by atoms with Crippen LogP contribution in [0.4, 0.5) is 17.1 Å². The van der Waals surface area contributed by atoms with Crippen molar-refractivity contribution in [3.8, 4) is 5.69 Å². The standard InChI is InChI=1S/C30H21BrN2/c31-22-16-18-29-27(20-22)28-21-26(17-19-30(28)33(29)25-14-8-3-9-15-25)32(23-10-4-1-5-11-23)24-12-6-2-7-13-24/h1-21H/i3D,8D,9D,14D,15D. The maximum atomic E-state index is 8.63. The molecule has 0 atom stereocenters. The third kappa shape index (κ3) is 3.51. The van der Waals surface area contributed by atoms with E-state index in [1.54, 1.807) is 4.57 Å². The molecule has 3 heteroatoms. The zero-order valence-corrected chi connectivity index (χ0v) is 19.1. The number of nitrogens with zero attached hydrogens (tertiary/aromatic N) is 2. The Kier molecular flexibility index (Phi) is 3.78. The van der Waals surface area contributed by atoms with Crippen LogP contribution in [0, 0.1) is 0 Å². The lowest BCUT2D eigenvalue weighted by Crippen LogP contribution is -2.09. The lowest BCUT2D eigenvalue weighted by Gasteiger charge is -2.25. The monoisotopic (exact) mass is 493 g/mol. The van der Waals surface area contributed by atoms with E-state index in [9.17, 15) is 0 Å². The number of hydrogen-bond donors (Lipinski definition) is 0. The summed E-state index contributed by atoms with van der Waals surface area (Å²) >= 11 is 3.59. The highest BCUT2D eigenvalue weighted by Gasteiger charge is 2.17. The second-order valence-corrected chi connectivity index (χ2v) is 8.59. The molecule has 0 saturated heterocycles. The lowest BCUT2D eigenvalue weighted by molar-refractivity contribution is 1.18. The van der Waals surface area contributed by atoms with E-state index in [1.165, 1.54) is 0 Å². The molecule has 0 bridgehead atoms. The normalized spacial score (nSPS) is 13.3. The molecule has 0 N–H and O–H groups in total. The van der Waals surface area contributed by atoms with Gasteiger partial charge in [-0.15, -0.1) is 0 Å². The summed E-state index contributed by atoms with van der Waals surface area (Å²) < 4.78 is 44.4. The van der Waals surface area contributed by atoms with Crippen LogP contribution in [0.5, 0.6) is 0 Å². The number of rotatable bonds is 4. The van der Waals surface area contributed by atoms with E-state index in [-0.39, 0.29) is 29.9 Å². The number of benzene rings is 5. The predicted octanol–water partition coefficient (Wildman–Crippen LogP) is 9.02. The van der Waals surface area contributed by atoms with Crippen LogP contribution < -0.4 is 4.90 Å². The first-order chi connectivity index (χ1) is 18.4. The summed E-state index contributed by atoms with van der Waals surface area (Å²) in [5.74, 6) is 0. The van der Waals surface area contributed by atoms with Crippen molar-refractivity contribution in [2.75, 3.05) is 4.90 Å². The smallest absolute Gasteiger partial charge is 0.0645 e. The zero-order chi connectivity index (χ0) is 26.6. The van der Waals surface area contributed by atoms with Crippen LogP contribution in [-0.4, -0.2) is 4.57 Å². The Morgan fingerprint density at radius 2 is 1.18 bits per heavy atom. The van der Waals surface area contributed by atoms with Gasteiger partial charge in [-0.3, -0.25) is 0 Å². The summed E-state index contributed by atoms with van der Waals surface area (Å²) in [6.07, 6.45) is 0. The molecule has 6 aromatic rings. The van der Waals surface area contributed by atoms with Crippen molar-refractivity contribution in [1.82, 2.24) is 4.57 Å². The topological polar surface area (TPSA) is 8.17 Å². The molecule has 5 aromatic carbocycles. The molecule has 0 aliphatic heterocycles. The summed E-state index contributed by atoms with van der Waals surface area (Å²) in [5.41, 5.74) is 4.59. The van der Waals surface area contributed by atoms with Crippen molar-refractivity contribution in [1.29, 1.82) is 0 Å². The number of hydrogen-bond acceptors (Lipinski definition) is 1. The van der Waals surface area contributed by atoms with Gasteiger partial charge in [0, 0.05) is 38.0 Å². The van der Waals surface area contributed by atoms with Gasteiger partial charge in [0.25, 0.3) is 0 Å². The van der Waals surface area contributed by atoms with Crippen molar-refractivity contribution in [2.24, 2.45) is 0 Å². The summed E-state index contributed by atoms with van der Waals surface area (Å²) in [7, 11) is 0. The minimum atomic E-state index is -0.407.